The minimum Gasteiger partial charge on any atom is -0.507 e. The first kappa shape index (κ1) is 26.0. The van der Waals surface area contributed by atoms with Crippen LogP contribution in [0.4, 0.5) is 5.13 Å². The number of phenolic OH excluding ortho intramolecular Hbond substituents is 1. The van der Waals surface area contributed by atoms with Crippen molar-refractivity contribution in [3.8, 4) is 17.2 Å². The van der Waals surface area contributed by atoms with Gasteiger partial charge in [-0.3, -0.25) is 14.5 Å². The van der Waals surface area contributed by atoms with Gasteiger partial charge in [-0.2, -0.15) is 0 Å². The highest BCUT2D eigenvalue weighted by atomic mass is 32.1. The topological polar surface area (TPSA) is 109 Å². The highest BCUT2D eigenvalue weighted by Crippen LogP contribution is 2.44. The lowest BCUT2D eigenvalue weighted by molar-refractivity contribution is -0.132. The smallest absolute Gasteiger partial charge is 0.301 e. The number of carbonyl (C=O) groups is 2. The van der Waals surface area contributed by atoms with Crippen molar-refractivity contribution in [2.45, 2.75) is 26.5 Å². The summed E-state index contributed by atoms with van der Waals surface area (Å²) >= 11 is 1.20. The molecular formula is C30H26N2O6S. The van der Waals surface area contributed by atoms with Crippen molar-refractivity contribution in [2.24, 2.45) is 0 Å². The van der Waals surface area contributed by atoms with E-state index in [0.29, 0.717) is 35.2 Å². The number of Topliss-reactive ketones (excluding diaryl/α,β-unsaturated/α-hetero) is 1. The molecule has 1 aliphatic rings. The molecule has 9 heteroatoms. The molecule has 1 saturated heterocycles. The van der Waals surface area contributed by atoms with Crippen molar-refractivity contribution in [3.63, 3.8) is 0 Å². The van der Waals surface area contributed by atoms with Gasteiger partial charge in [0.05, 0.1) is 18.2 Å². The zero-order chi connectivity index (χ0) is 27.5. The van der Waals surface area contributed by atoms with Crippen LogP contribution in [-0.2, 0) is 16.2 Å². The first-order valence-corrected chi connectivity index (χ1v) is 13.2. The number of aliphatic hydroxyl groups is 1. The molecule has 1 amide bonds. The fourth-order valence-electron chi connectivity index (χ4n) is 4.49. The van der Waals surface area contributed by atoms with E-state index >= 15 is 0 Å². The fraction of sp³-hybridized carbons (Fsp3) is 0.167. The van der Waals surface area contributed by atoms with Crippen molar-refractivity contribution in [1.82, 2.24) is 4.98 Å². The molecule has 0 spiro atoms. The molecule has 3 aromatic carbocycles. The molecule has 198 valence electrons. The van der Waals surface area contributed by atoms with Crippen LogP contribution < -0.4 is 14.4 Å². The van der Waals surface area contributed by atoms with Gasteiger partial charge in [0.25, 0.3) is 5.78 Å². The van der Waals surface area contributed by atoms with Crippen molar-refractivity contribution in [2.75, 3.05) is 11.5 Å². The Morgan fingerprint density at radius 1 is 1.05 bits per heavy atom. The van der Waals surface area contributed by atoms with E-state index in [1.54, 1.807) is 48.7 Å². The zero-order valence-corrected chi connectivity index (χ0v) is 22.1. The van der Waals surface area contributed by atoms with Crippen molar-refractivity contribution in [3.05, 3.63) is 106 Å². The average molecular weight is 543 g/mol. The lowest BCUT2D eigenvalue weighted by atomic mass is 9.95. The normalized spacial score (nSPS) is 16.5. The number of ether oxygens (including phenoxy) is 2. The number of hydrogen-bond donors (Lipinski definition) is 2. The van der Waals surface area contributed by atoms with Gasteiger partial charge in [0.1, 0.15) is 18.1 Å². The maximum Gasteiger partial charge on any atom is 0.301 e. The van der Waals surface area contributed by atoms with E-state index in [1.807, 2.05) is 31.2 Å². The molecule has 5 rings (SSSR count). The SMILES string of the molecule is CCOc1cc(C2/C(=C(\O)c3ccc(OCc4cccc(C)c4)cc3)C(=O)C(=O)N2c2nccs2)ccc1O. The number of thiazole rings is 1. The molecule has 1 unspecified atom stereocenters. The second-order valence-corrected chi connectivity index (χ2v) is 9.82. The van der Waals surface area contributed by atoms with Gasteiger partial charge in [-0.05, 0) is 61.4 Å². The van der Waals surface area contributed by atoms with Crippen LogP contribution in [0.3, 0.4) is 0 Å². The first-order valence-electron chi connectivity index (χ1n) is 12.3. The maximum atomic E-state index is 13.3. The number of carbonyl (C=O) groups excluding carboxylic acids is 2. The summed E-state index contributed by atoms with van der Waals surface area (Å²) in [6.07, 6.45) is 1.54. The second-order valence-electron chi connectivity index (χ2n) is 8.95. The number of aromatic nitrogens is 1. The van der Waals surface area contributed by atoms with Crippen LogP contribution in [0.1, 0.15) is 35.2 Å². The van der Waals surface area contributed by atoms with E-state index in [-0.39, 0.29) is 22.8 Å². The Bertz CT molecular complexity index is 1550. The monoisotopic (exact) mass is 542 g/mol. The van der Waals surface area contributed by atoms with Crippen LogP contribution in [-0.4, -0.2) is 33.5 Å². The number of aliphatic hydroxyl groups excluding tert-OH is 1. The first-order chi connectivity index (χ1) is 18.9. The van der Waals surface area contributed by atoms with Gasteiger partial charge < -0.3 is 19.7 Å². The number of amides is 1. The Balaban J connectivity index is 1.52. The van der Waals surface area contributed by atoms with Gasteiger partial charge in [0.15, 0.2) is 16.6 Å². The average Bonchev–Trinajstić information content (AvgIpc) is 3.55. The molecule has 8 nitrogen and oxygen atoms in total. The van der Waals surface area contributed by atoms with Gasteiger partial charge in [0.2, 0.25) is 0 Å². The van der Waals surface area contributed by atoms with Crippen LogP contribution in [0.15, 0.2) is 83.9 Å². The minimum atomic E-state index is -0.979. The maximum absolute atomic E-state index is 13.3. The summed E-state index contributed by atoms with van der Waals surface area (Å²) in [5, 5.41) is 23.6. The van der Waals surface area contributed by atoms with Crippen molar-refractivity contribution in [1.29, 1.82) is 0 Å². The van der Waals surface area contributed by atoms with Crippen LogP contribution in [0.2, 0.25) is 0 Å². The molecule has 4 aromatic rings. The van der Waals surface area contributed by atoms with Gasteiger partial charge >= 0.3 is 5.91 Å². The second kappa shape index (κ2) is 11.0. The third-order valence-corrected chi connectivity index (χ3v) is 7.06. The quantitative estimate of drug-likeness (QED) is 0.165. The van der Waals surface area contributed by atoms with E-state index in [9.17, 15) is 19.8 Å². The van der Waals surface area contributed by atoms with E-state index in [2.05, 4.69) is 4.98 Å². The highest BCUT2D eigenvalue weighted by Gasteiger charge is 2.48. The molecule has 0 saturated carbocycles. The van der Waals surface area contributed by atoms with E-state index in [4.69, 9.17) is 9.47 Å². The van der Waals surface area contributed by atoms with Gasteiger partial charge in [-0.25, -0.2) is 4.98 Å². The van der Waals surface area contributed by atoms with E-state index < -0.39 is 17.7 Å². The van der Waals surface area contributed by atoms with E-state index in [0.717, 1.165) is 11.1 Å². The molecule has 1 aromatic heterocycles. The largest absolute Gasteiger partial charge is 0.507 e. The molecule has 0 aliphatic carbocycles. The summed E-state index contributed by atoms with van der Waals surface area (Å²) in [6, 6.07) is 18.3. The van der Waals surface area contributed by atoms with Gasteiger partial charge in [-0.15, -0.1) is 11.3 Å². The number of benzene rings is 3. The van der Waals surface area contributed by atoms with Crippen LogP contribution >= 0.6 is 11.3 Å². The lowest BCUT2D eigenvalue weighted by Gasteiger charge is -2.23. The molecule has 0 radical (unpaired) electrons. The number of ketones is 1. The summed E-state index contributed by atoms with van der Waals surface area (Å²) < 4.78 is 11.4. The number of nitrogens with zero attached hydrogens (tertiary/aromatic N) is 2. The number of aromatic hydroxyl groups is 1. The van der Waals surface area contributed by atoms with Crippen LogP contribution in [0.25, 0.3) is 5.76 Å². The number of aryl methyl sites for hydroxylation is 1. The lowest BCUT2D eigenvalue weighted by Crippen LogP contribution is -2.29. The third kappa shape index (κ3) is 5.21. The fourth-order valence-corrected chi connectivity index (χ4v) is 5.15. The molecule has 2 heterocycles. The molecule has 1 atom stereocenters. The molecule has 0 bridgehead atoms. The molecule has 1 aliphatic heterocycles. The van der Waals surface area contributed by atoms with Crippen LogP contribution in [0, 0.1) is 6.92 Å². The molecule has 39 heavy (non-hydrogen) atoms. The molecular weight excluding hydrogens is 516 g/mol. The minimum absolute atomic E-state index is 0.0759. The Hall–Kier alpha value is -4.63. The third-order valence-electron chi connectivity index (χ3n) is 6.28. The van der Waals surface area contributed by atoms with Gasteiger partial charge in [-0.1, -0.05) is 35.9 Å². The standard InChI is InChI=1S/C30H26N2O6S/c1-3-37-24-16-21(9-12-23(24)33)26-25(28(35)29(36)32(26)30-31-13-14-39-30)27(34)20-7-10-22(11-8-20)38-17-19-6-4-5-18(2)15-19/h4-16,26,33-34H,3,17H2,1-2H3/b27-25+. The molecule has 1 fully saturated rings. The summed E-state index contributed by atoms with van der Waals surface area (Å²) in [6.45, 7) is 4.49. The van der Waals surface area contributed by atoms with E-state index in [1.165, 1.54) is 28.5 Å². The predicted octanol–water partition coefficient (Wildman–Crippen LogP) is 5.76. The number of anilines is 1. The summed E-state index contributed by atoms with van der Waals surface area (Å²) in [4.78, 5) is 32.0. The van der Waals surface area contributed by atoms with Crippen molar-refractivity contribution < 1.29 is 29.3 Å². The Kier molecular flexibility index (Phi) is 7.33. The Morgan fingerprint density at radius 3 is 2.54 bits per heavy atom. The number of hydrogen-bond acceptors (Lipinski definition) is 8. The summed E-state index contributed by atoms with van der Waals surface area (Å²) in [5.74, 6) is -1.25. The predicted molar refractivity (Wildman–Crippen MR) is 148 cm³/mol. The Labute approximate surface area is 229 Å². The van der Waals surface area contributed by atoms with Gasteiger partial charge in [0, 0.05) is 17.1 Å². The highest BCUT2D eigenvalue weighted by molar-refractivity contribution is 7.14. The molecule has 2 N–H and O–H groups in total. The number of phenols is 1. The zero-order valence-electron chi connectivity index (χ0n) is 21.3. The summed E-state index contributed by atoms with van der Waals surface area (Å²) in [5.41, 5.74) is 2.91. The van der Waals surface area contributed by atoms with Crippen molar-refractivity contribution >= 4 is 33.9 Å². The van der Waals surface area contributed by atoms with Crippen LogP contribution in [0.5, 0.6) is 17.2 Å². The summed E-state index contributed by atoms with van der Waals surface area (Å²) in [7, 11) is 0. The number of rotatable bonds is 8. The Morgan fingerprint density at radius 2 is 1.85 bits per heavy atom.